The van der Waals surface area contributed by atoms with Crippen molar-refractivity contribution in [1.29, 1.82) is 0 Å². The smallest absolute Gasteiger partial charge is 0.0683 e. The number of hydrogen-bond acceptors (Lipinski definition) is 1. The second-order valence-electron chi connectivity index (χ2n) is 4.81. The number of rotatable bonds is 4. The third-order valence-electron chi connectivity index (χ3n) is 1.94. The molecule has 0 saturated heterocycles. The van der Waals surface area contributed by atoms with Crippen molar-refractivity contribution in [1.82, 2.24) is 0 Å². The molecule has 1 aromatic rings. The van der Waals surface area contributed by atoms with Crippen LogP contribution in [0, 0.1) is 0 Å². The molecule has 0 bridgehead atoms. The van der Waals surface area contributed by atoms with Crippen LogP contribution >= 0.6 is 11.6 Å². The quantitative estimate of drug-likeness (QED) is 0.562. The maximum atomic E-state index is 5.79. The van der Waals surface area contributed by atoms with Gasteiger partial charge in [-0.25, -0.2) is 0 Å². The third kappa shape index (κ3) is 5.88. The van der Waals surface area contributed by atoms with E-state index in [4.69, 9.17) is 11.6 Å². The van der Waals surface area contributed by atoms with Gasteiger partial charge in [0.15, 0.2) is 0 Å². The van der Waals surface area contributed by atoms with Gasteiger partial charge >= 0.3 is 0 Å². The summed E-state index contributed by atoms with van der Waals surface area (Å²) in [6.45, 7) is 7.69. The fourth-order valence-corrected chi connectivity index (χ4v) is 2.11. The molecule has 0 radical (unpaired) electrons. The molecule has 3 heteroatoms. The molecule has 0 N–H and O–H groups in total. The fourth-order valence-electron chi connectivity index (χ4n) is 1.17. The maximum absolute atomic E-state index is 5.79. The van der Waals surface area contributed by atoms with E-state index >= 15 is 0 Å². The van der Waals surface area contributed by atoms with E-state index in [1.807, 2.05) is 30.5 Å². The van der Waals surface area contributed by atoms with Crippen LogP contribution in [0.15, 0.2) is 41.0 Å². The molecule has 0 aromatic heterocycles. The average molecular weight is 252 g/mol. The largest absolute Gasteiger partial charge is 0.288 e. The minimum Gasteiger partial charge on any atom is -0.288 e. The lowest BCUT2D eigenvalue weighted by Gasteiger charge is -2.06. The summed E-state index contributed by atoms with van der Waals surface area (Å²) in [4.78, 5) is 4.34. The van der Waals surface area contributed by atoms with Gasteiger partial charge in [-0.15, -0.1) is 0 Å². The topological polar surface area (TPSA) is 12.4 Å². The summed E-state index contributed by atoms with van der Waals surface area (Å²) < 4.78 is 0. The van der Waals surface area contributed by atoms with E-state index in [0.29, 0.717) is 0 Å². The highest BCUT2D eigenvalue weighted by molar-refractivity contribution is 6.80. The number of nitrogens with zero attached hydrogens (tertiary/aromatic N) is 1. The second kappa shape index (κ2) is 6.02. The van der Waals surface area contributed by atoms with Gasteiger partial charge < -0.3 is 0 Å². The van der Waals surface area contributed by atoms with E-state index in [9.17, 15) is 0 Å². The van der Waals surface area contributed by atoms with Crippen LogP contribution in [-0.2, 0) is 0 Å². The van der Waals surface area contributed by atoms with Crippen LogP contribution in [0.3, 0.4) is 0 Å². The molecular weight excluding hydrogens is 234 g/mol. The zero-order valence-corrected chi connectivity index (χ0v) is 11.8. The van der Waals surface area contributed by atoms with E-state index in [2.05, 4.69) is 36.4 Å². The summed E-state index contributed by atoms with van der Waals surface area (Å²) in [6.07, 6.45) is 4.03. The molecule has 86 valence electrons. The van der Waals surface area contributed by atoms with Crippen LogP contribution in [0.2, 0.25) is 24.7 Å². The fraction of sp³-hybridized carbons (Fsp3) is 0.308. The first kappa shape index (κ1) is 13.2. The van der Waals surface area contributed by atoms with Crippen molar-refractivity contribution in [2.75, 3.05) is 6.54 Å². The molecule has 0 aliphatic rings. The first-order chi connectivity index (χ1) is 7.47. The summed E-state index contributed by atoms with van der Waals surface area (Å²) in [5.74, 6) is 0. The molecule has 0 fully saturated rings. The predicted molar refractivity (Wildman–Crippen MR) is 76.4 cm³/mol. The summed E-state index contributed by atoms with van der Waals surface area (Å²) in [7, 11) is -1.07. The lowest BCUT2D eigenvalue weighted by molar-refractivity contribution is 1.26. The Balaban J connectivity index is 2.44. The molecule has 0 aliphatic carbocycles. The Kier molecular flexibility index (Phi) is 4.96. The molecule has 1 nitrogen and oxygen atoms in total. The lowest BCUT2D eigenvalue weighted by atomic mass is 10.2. The Labute approximate surface area is 104 Å². The lowest BCUT2D eigenvalue weighted by Crippen LogP contribution is -2.15. The molecule has 1 rings (SSSR count). The first-order valence-electron chi connectivity index (χ1n) is 5.40. The predicted octanol–water partition coefficient (Wildman–Crippen LogP) is 4.19. The SMILES string of the molecule is C[Si](C)(C)/C=C/CN=Cc1ccc(Cl)cc1. The highest BCUT2D eigenvalue weighted by atomic mass is 35.5. The molecule has 0 amide bonds. The van der Waals surface area contributed by atoms with E-state index in [1.165, 1.54) is 0 Å². The van der Waals surface area contributed by atoms with Crippen LogP contribution in [0.4, 0.5) is 0 Å². The summed E-state index contributed by atoms with van der Waals surface area (Å²) >= 11 is 5.79. The van der Waals surface area contributed by atoms with Crippen molar-refractivity contribution in [3.8, 4) is 0 Å². The first-order valence-corrected chi connectivity index (χ1v) is 9.36. The van der Waals surface area contributed by atoms with Gasteiger partial charge in [0.25, 0.3) is 0 Å². The monoisotopic (exact) mass is 251 g/mol. The van der Waals surface area contributed by atoms with Crippen LogP contribution in [0.5, 0.6) is 0 Å². The number of halogens is 1. The highest BCUT2D eigenvalue weighted by Crippen LogP contribution is 2.07. The Bertz CT molecular complexity index is 374. The Morgan fingerprint density at radius 2 is 1.81 bits per heavy atom. The van der Waals surface area contributed by atoms with E-state index in [0.717, 1.165) is 17.1 Å². The summed E-state index contributed by atoms with van der Waals surface area (Å²) in [5.41, 5.74) is 3.40. The Hall–Kier alpha value is -0.863. The summed E-state index contributed by atoms with van der Waals surface area (Å²) in [5, 5.41) is 0.760. The van der Waals surface area contributed by atoms with Gasteiger partial charge in [0, 0.05) is 11.2 Å². The Morgan fingerprint density at radius 1 is 1.19 bits per heavy atom. The number of aliphatic imine (C=N–C) groups is 1. The molecule has 1 aromatic carbocycles. The van der Waals surface area contributed by atoms with Crippen LogP contribution in [0.1, 0.15) is 5.56 Å². The molecule has 0 atom stereocenters. The van der Waals surface area contributed by atoms with Crippen molar-refractivity contribution in [2.24, 2.45) is 4.99 Å². The van der Waals surface area contributed by atoms with Gasteiger partial charge in [-0.1, -0.05) is 55.2 Å². The summed E-state index contributed by atoms with van der Waals surface area (Å²) in [6, 6.07) is 7.68. The van der Waals surface area contributed by atoms with Gasteiger partial charge in [-0.05, 0) is 17.7 Å². The Morgan fingerprint density at radius 3 is 2.38 bits per heavy atom. The molecule has 0 spiro atoms. The van der Waals surface area contributed by atoms with Crippen LogP contribution in [0.25, 0.3) is 0 Å². The van der Waals surface area contributed by atoms with Gasteiger partial charge in [-0.2, -0.15) is 0 Å². The normalized spacial score (nSPS) is 12.8. The van der Waals surface area contributed by atoms with Crippen molar-refractivity contribution in [2.45, 2.75) is 19.6 Å². The van der Waals surface area contributed by atoms with Crippen LogP contribution < -0.4 is 0 Å². The molecule has 0 saturated carbocycles. The van der Waals surface area contributed by atoms with E-state index in [-0.39, 0.29) is 0 Å². The van der Waals surface area contributed by atoms with Crippen molar-refractivity contribution in [3.63, 3.8) is 0 Å². The molecular formula is C13H18ClNSi. The maximum Gasteiger partial charge on any atom is 0.0683 e. The number of benzene rings is 1. The van der Waals surface area contributed by atoms with Crippen molar-refractivity contribution < 1.29 is 0 Å². The van der Waals surface area contributed by atoms with Gasteiger partial charge in [-0.3, -0.25) is 4.99 Å². The zero-order chi connectivity index (χ0) is 12.0. The van der Waals surface area contributed by atoms with Crippen molar-refractivity contribution in [3.05, 3.63) is 46.6 Å². The van der Waals surface area contributed by atoms with Gasteiger partial charge in [0.05, 0.1) is 14.6 Å². The minimum absolute atomic E-state index is 0.757. The molecule has 16 heavy (non-hydrogen) atoms. The molecule has 0 aliphatic heterocycles. The highest BCUT2D eigenvalue weighted by Gasteiger charge is 2.05. The molecule has 0 unspecified atom stereocenters. The zero-order valence-electron chi connectivity index (χ0n) is 10.1. The van der Waals surface area contributed by atoms with E-state index in [1.54, 1.807) is 0 Å². The second-order valence-corrected chi connectivity index (χ2v) is 10.3. The van der Waals surface area contributed by atoms with E-state index < -0.39 is 8.07 Å². The third-order valence-corrected chi connectivity index (χ3v) is 3.43. The molecule has 0 heterocycles. The van der Waals surface area contributed by atoms with Crippen LogP contribution in [-0.4, -0.2) is 20.8 Å². The minimum atomic E-state index is -1.07. The average Bonchev–Trinajstić information content (AvgIpc) is 2.19. The van der Waals surface area contributed by atoms with Crippen molar-refractivity contribution >= 4 is 25.9 Å². The standard InChI is InChI=1S/C13H18ClNSi/c1-16(2,3)10-4-9-15-11-12-5-7-13(14)8-6-12/h4-8,10-11H,9H2,1-3H3/b10-4+,15-11?. The number of hydrogen-bond donors (Lipinski definition) is 0. The van der Waals surface area contributed by atoms with Gasteiger partial charge in [0.1, 0.15) is 0 Å². The van der Waals surface area contributed by atoms with Gasteiger partial charge in [0.2, 0.25) is 0 Å².